The first-order valence-electron chi connectivity index (χ1n) is 7.02. The first-order chi connectivity index (χ1) is 7.27. The van der Waals surface area contributed by atoms with E-state index in [0.29, 0.717) is 0 Å². The van der Waals surface area contributed by atoms with Gasteiger partial charge < -0.3 is 4.90 Å². The van der Waals surface area contributed by atoms with Crippen molar-refractivity contribution in [1.29, 1.82) is 0 Å². The highest BCUT2D eigenvalue weighted by Gasteiger charge is 2.24. The zero-order valence-corrected chi connectivity index (χ0v) is 11.0. The first-order valence-corrected chi connectivity index (χ1v) is 7.02. The van der Waals surface area contributed by atoms with Gasteiger partial charge in [0.2, 0.25) is 0 Å². The molecule has 1 nitrogen and oxygen atoms in total. The SMILES string of the molecule is CCCCCC(C)CN(CC)C1CCC1. The monoisotopic (exact) mass is 211 g/mol. The Hall–Kier alpha value is -0.0400. The van der Waals surface area contributed by atoms with Crippen molar-refractivity contribution in [2.45, 2.75) is 71.8 Å². The molecule has 1 aliphatic carbocycles. The van der Waals surface area contributed by atoms with Gasteiger partial charge in [-0.3, -0.25) is 0 Å². The summed E-state index contributed by atoms with van der Waals surface area (Å²) in [5, 5.41) is 0. The maximum absolute atomic E-state index is 2.71. The fourth-order valence-corrected chi connectivity index (χ4v) is 2.52. The third-order valence-corrected chi connectivity index (χ3v) is 3.84. The summed E-state index contributed by atoms with van der Waals surface area (Å²) in [4.78, 5) is 2.71. The third kappa shape index (κ3) is 4.55. The van der Waals surface area contributed by atoms with Crippen molar-refractivity contribution >= 4 is 0 Å². The molecule has 0 saturated heterocycles. The molecule has 1 unspecified atom stereocenters. The number of unbranched alkanes of at least 4 members (excludes halogenated alkanes) is 2. The topological polar surface area (TPSA) is 3.24 Å². The maximum Gasteiger partial charge on any atom is 0.00952 e. The van der Waals surface area contributed by atoms with Crippen molar-refractivity contribution in [3.8, 4) is 0 Å². The molecular formula is C14H29N. The molecule has 0 radical (unpaired) electrons. The van der Waals surface area contributed by atoms with Crippen molar-refractivity contribution in [2.24, 2.45) is 5.92 Å². The molecule has 15 heavy (non-hydrogen) atoms. The summed E-state index contributed by atoms with van der Waals surface area (Å²) in [6, 6.07) is 0.934. The quantitative estimate of drug-likeness (QED) is 0.547. The van der Waals surface area contributed by atoms with Crippen molar-refractivity contribution < 1.29 is 0 Å². The van der Waals surface area contributed by atoms with Gasteiger partial charge in [0.05, 0.1) is 0 Å². The molecular weight excluding hydrogens is 182 g/mol. The van der Waals surface area contributed by atoms with Crippen molar-refractivity contribution in [3.63, 3.8) is 0 Å². The summed E-state index contributed by atoms with van der Waals surface area (Å²) in [7, 11) is 0. The van der Waals surface area contributed by atoms with Crippen molar-refractivity contribution in [1.82, 2.24) is 4.90 Å². The lowest BCUT2D eigenvalue weighted by atomic mass is 9.90. The lowest BCUT2D eigenvalue weighted by Crippen LogP contribution is -2.42. The summed E-state index contributed by atoms with van der Waals surface area (Å²) >= 11 is 0. The van der Waals surface area contributed by atoms with Crippen LogP contribution in [-0.4, -0.2) is 24.0 Å². The van der Waals surface area contributed by atoms with Crippen LogP contribution in [0.2, 0.25) is 0 Å². The van der Waals surface area contributed by atoms with Gasteiger partial charge in [0, 0.05) is 12.6 Å². The summed E-state index contributed by atoms with van der Waals surface area (Å²) in [5.74, 6) is 0.900. The Morgan fingerprint density at radius 2 is 1.93 bits per heavy atom. The number of rotatable bonds is 8. The van der Waals surface area contributed by atoms with Crippen molar-refractivity contribution in [3.05, 3.63) is 0 Å². The molecule has 1 aliphatic rings. The van der Waals surface area contributed by atoms with Crippen LogP contribution in [0.15, 0.2) is 0 Å². The number of hydrogen-bond acceptors (Lipinski definition) is 1. The highest BCUT2D eigenvalue weighted by atomic mass is 15.2. The molecule has 90 valence electrons. The largest absolute Gasteiger partial charge is 0.300 e. The second-order valence-corrected chi connectivity index (χ2v) is 5.27. The minimum Gasteiger partial charge on any atom is -0.300 e. The van der Waals surface area contributed by atoms with E-state index < -0.39 is 0 Å². The Kier molecular flexibility index (Phi) is 6.31. The molecule has 1 saturated carbocycles. The normalized spacial score (nSPS) is 19.2. The summed E-state index contributed by atoms with van der Waals surface area (Å²) in [6.45, 7) is 9.62. The van der Waals surface area contributed by atoms with Gasteiger partial charge in [-0.05, 0) is 31.7 Å². The third-order valence-electron chi connectivity index (χ3n) is 3.84. The first kappa shape index (κ1) is 13.0. The van der Waals surface area contributed by atoms with E-state index in [0.717, 1.165) is 12.0 Å². The van der Waals surface area contributed by atoms with Crippen LogP contribution in [0.1, 0.15) is 65.7 Å². The van der Waals surface area contributed by atoms with Gasteiger partial charge in [0.25, 0.3) is 0 Å². The Bertz CT molecular complexity index is 151. The molecule has 0 amide bonds. The van der Waals surface area contributed by atoms with E-state index in [-0.39, 0.29) is 0 Å². The number of nitrogens with zero attached hydrogens (tertiary/aromatic N) is 1. The van der Waals surface area contributed by atoms with Gasteiger partial charge in [-0.15, -0.1) is 0 Å². The molecule has 0 aromatic rings. The lowest BCUT2D eigenvalue weighted by Gasteiger charge is -2.38. The summed E-state index contributed by atoms with van der Waals surface area (Å²) in [6.07, 6.45) is 10.0. The highest BCUT2D eigenvalue weighted by Crippen LogP contribution is 2.25. The zero-order chi connectivity index (χ0) is 11.1. The van der Waals surface area contributed by atoms with Crippen LogP contribution in [0, 0.1) is 5.92 Å². The van der Waals surface area contributed by atoms with Crippen LogP contribution in [0.4, 0.5) is 0 Å². The van der Waals surface area contributed by atoms with Gasteiger partial charge in [0.1, 0.15) is 0 Å². The Morgan fingerprint density at radius 1 is 1.20 bits per heavy atom. The lowest BCUT2D eigenvalue weighted by molar-refractivity contribution is 0.114. The van der Waals surface area contributed by atoms with E-state index in [1.807, 2.05) is 0 Å². The van der Waals surface area contributed by atoms with Gasteiger partial charge in [-0.2, -0.15) is 0 Å². The van der Waals surface area contributed by atoms with Crippen LogP contribution in [0.25, 0.3) is 0 Å². The average Bonchev–Trinajstić information content (AvgIpc) is 2.14. The molecule has 1 atom stereocenters. The van der Waals surface area contributed by atoms with Crippen LogP contribution in [0.3, 0.4) is 0 Å². The van der Waals surface area contributed by atoms with Crippen LogP contribution in [-0.2, 0) is 0 Å². The fraction of sp³-hybridized carbons (Fsp3) is 1.00. The summed E-state index contributed by atoms with van der Waals surface area (Å²) < 4.78 is 0. The van der Waals surface area contributed by atoms with Gasteiger partial charge in [-0.1, -0.05) is 46.5 Å². The predicted octanol–water partition coefficient (Wildman–Crippen LogP) is 4.08. The predicted molar refractivity (Wildman–Crippen MR) is 68.2 cm³/mol. The summed E-state index contributed by atoms with van der Waals surface area (Å²) in [5.41, 5.74) is 0. The number of hydrogen-bond donors (Lipinski definition) is 0. The second kappa shape index (κ2) is 7.27. The molecule has 0 aromatic carbocycles. The average molecular weight is 211 g/mol. The van der Waals surface area contributed by atoms with E-state index in [1.165, 1.54) is 58.0 Å². The molecule has 1 heteroatoms. The molecule has 1 fully saturated rings. The van der Waals surface area contributed by atoms with E-state index >= 15 is 0 Å². The Labute approximate surface area is 96.2 Å². The zero-order valence-electron chi connectivity index (χ0n) is 11.0. The van der Waals surface area contributed by atoms with Crippen LogP contribution in [0.5, 0.6) is 0 Å². The highest BCUT2D eigenvalue weighted by molar-refractivity contribution is 4.80. The molecule has 1 rings (SSSR count). The fourth-order valence-electron chi connectivity index (χ4n) is 2.52. The minimum absolute atomic E-state index is 0.900. The van der Waals surface area contributed by atoms with E-state index in [9.17, 15) is 0 Å². The van der Waals surface area contributed by atoms with Crippen molar-refractivity contribution in [2.75, 3.05) is 13.1 Å². The second-order valence-electron chi connectivity index (χ2n) is 5.27. The maximum atomic E-state index is 2.71. The molecule has 0 aliphatic heterocycles. The van der Waals surface area contributed by atoms with E-state index in [2.05, 4.69) is 25.7 Å². The molecule has 0 spiro atoms. The Balaban J connectivity index is 2.12. The molecule has 0 bridgehead atoms. The van der Waals surface area contributed by atoms with Gasteiger partial charge in [-0.25, -0.2) is 0 Å². The molecule has 0 aromatic heterocycles. The Morgan fingerprint density at radius 3 is 2.40 bits per heavy atom. The van der Waals surface area contributed by atoms with Gasteiger partial charge in [0.15, 0.2) is 0 Å². The standard InChI is InChI=1S/C14H29N/c1-4-6-7-9-13(3)12-15(5-2)14-10-8-11-14/h13-14H,4-12H2,1-3H3. The van der Waals surface area contributed by atoms with Gasteiger partial charge >= 0.3 is 0 Å². The van der Waals surface area contributed by atoms with Crippen LogP contribution >= 0.6 is 0 Å². The van der Waals surface area contributed by atoms with Crippen LogP contribution < -0.4 is 0 Å². The minimum atomic E-state index is 0.900. The molecule has 0 N–H and O–H groups in total. The van der Waals surface area contributed by atoms with E-state index in [4.69, 9.17) is 0 Å². The smallest absolute Gasteiger partial charge is 0.00952 e. The van der Waals surface area contributed by atoms with E-state index in [1.54, 1.807) is 0 Å². The molecule has 0 heterocycles.